The van der Waals surface area contributed by atoms with E-state index in [4.69, 9.17) is 9.47 Å². The number of nitrogens with one attached hydrogen (secondary N) is 1. The number of phenolic OH excluding ortho intramolecular Hbond substituents is 1. The number of phenols is 1. The number of fused-ring (bicyclic) bond motifs is 1. The minimum Gasteiger partial charge on any atom is -0.505 e. The topological polar surface area (TPSA) is 229 Å². The van der Waals surface area contributed by atoms with Gasteiger partial charge in [-0.3, -0.25) is 13.9 Å². The van der Waals surface area contributed by atoms with Crippen LogP contribution < -0.4 is 20.1 Å². The lowest BCUT2D eigenvalue weighted by atomic mass is 10.1. The zero-order valence-corrected chi connectivity index (χ0v) is 34.3. The van der Waals surface area contributed by atoms with Gasteiger partial charge in [-0.15, -0.1) is 15.3 Å². The van der Waals surface area contributed by atoms with E-state index in [1.807, 2.05) is 0 Å². The Kier molecular flexibility index (Phi) is 17.1. The van der Waals surface area contributed by atoms with Crippen LogP contribution in [0.25, 0.3) is 10.8 Å². The molecule has 4 aromatic rings. The van der Waals surface area contributed by atoms with E-state index in [9.17, 15) is 37.2 Å². The molecule has 0 bridgehead atoms. The van der Waals surface area contributed by atoms with Gasteiger partial charge in [0.1, 0.15) is 33.5 Å². The van der Waals surface area contributed by atoms with E-state index in [1.165, 1.54) is 93.5 Å². The second-order valence-electron chi connectivity index (χ2n) is 13.4. The number of aromatic hydroxyl groups is 1. The Balaban J connectivity index is 1.55. The van der Waals surface area contributed by atoms with Gasteiger partial charge in [-0.05, 0) is 62.1 Å². The van der Waals surface area contributed by atoms with Crippen molar-refractivity contribution in [3.8, 4) is 17.2 Å². The van der Waals surface area contributed by atoms with Crippen molar-refractivity contribution < 1.29 is 46.7 Å². The number of hydrogen-bond acceptors (Lipinski definition) is 11. The van der Waals surface area contributed by atoms with Crippen LogP contribution in [-0.4, -0.2) is 47.0 Å². The summed E-state index contributed by atoms with van der Waals surface area (Å²) >= 11 is 0. The molecule has 0 aliphatic carbocycles. The first-order valence-corrected chi connectivity index (χ1v) is 22.3. The highest BCUT2D eigenvalue weighted by Crippen LogP contribution is 2.45. The fraction of sp³-hybridized carbons (Fsp3) is 0.425. The van der Waals surface area contributed by atoms with Crippen LogP contribution >= 0.6 is 7.60 Å². The molecule has 0 saturated carbocycles. The van der Waals surface area contributed by atoms with Crippen molar-refractivity contribution in [3.05, 3.63) is 60.7 Å². The van der Waals surface area contributed by atoms with Crippen molar-refractivity contribution in [2.45, 2.75) is 103 Å². The van der Waals surface area contributed by atoms with Gasteiger partial charge in [0.15, 0.2) is 5.75 Å². The molecular formula is C40H52N5O10PS. The van der Waals surface area contributed by atoms with Crippen LogP contribution in [0.3, 0.4) is 0 Å². The van der Waals surface area contributed by atoms with E-state index >= 15 is 0 Å². The number of azo groups is 2. The lowest BCUT2D eigenvalue weighted by Crippen LogP contribution is -2.11. The zero-order valence-electron chi connectivity index (χ0n) is 32.6. The Hall–Kier alpha value is -4.73. The van der Waals surface area contributed by atoms with Crippen molar-refractivity contribution in [2.24, 2.45) is 20.5 Å². The van der Waals surface area contributed by atoms with Crippen molar-refractivity contribution in [1.29, 1.82) is 0 Å². The standard InChI is InChI=1S/C40H52N5O10PS/c1-4-7-8-9-10-11-12-13-14-15-16-20-38(46)41-29-22-21-28-23-37(57(51,52)53)39(40(47)32(28)25-29)45-44-34-27-35(54-5-2)33(26-36(34)55-6-3)43-42-30-18-17-19-31(24-30)56(48,49)50/h17-19,21-27,47H,4-16,20H2,1-3H3,(H,41,46)(H2,48,49,50)(H,51,52,53)/b43-42+,45-44+. The summed E-state index contributed by atoms with van der Waals surface area (Å²) in [6.07, 6.45) is 13.2. The second kappa shape index (κ2) is 21.7. The summed E-state index contributed by atoms with van der Waals surface area (Å²) in [5.74, 6) is -0.503. The van der Waals surface area contributed by atoms with Gasteiger partial charge in [-0.25, -0.2) is 0 Å². The molecule has 0 aromatic heterocycles. The van der Waals surface area contributed by atoms with Crippen LogP contribution in [0.15, 0.2) is 86.0 Å². The molecule has 0 unspecified atom stereocenters. The van der Waals surface area contributed by atoms with Crippen LogP contribution in [0.1, 0.15) is 97.8 Å². The van der Waals surface area contributed by atoms with Gasteiger partial charge < -0.3 is 29.7 Å². The molecule has 0 radical (unpaired) electrons. The van der Waals surface area contributed by atoms with Gasteiger partial charge in [-0.2, -0.15) is 13.5 Å². The molecule has 0 atom stereocenters. The van der Waals surface area contributed by atoms with Crippen LogP contribution in [0.2, 0.25) is 0 Å². The quantitative estimate of drug-likeness (QED) is 0.0205. The molecule has 57 heavy (non-hydrogen) atoms. The normalized spacial score (nSPS) is 12.2. The number of amides is 1. The summed E-state index contributed by atoms with van der Waals surface area (Å²) in [6.45, 7) is 6.02. The molecule has 5 N–H and O–H groups in total. The van der Waals surface area contributed by atoms with Gasteiger partial charge in [0.2, 0.25) is 5.91 Å². The maximum Gasteiger partial charge on any atom is 0.356 e. The second-order valence-corrected chi connectivity index (χ2v) is 16.4. The van der Waals surface area contributed by atoms with Crippen LogP contribution in [0, 0.1) is 0 Å². The first-order valence-electron chi connectivity index (χ1n) is 19.3. The molecule has 0 heterocycles. The van der Waals surface area contributed by atoms with E-state index < -0.39 is 34.0 Å². The van der Waals surface area contributed by atoms with Crippen molar-refractivity contribution in [2.75, 3.05) is 18.5 Å². The molecule has 0 saturated heterocycles. The Bertz CT molecular complexity index is 2210. The van der Waals surface area contributed by atoms with Gasteiger partial charge in [0.05, 0.1) is 24.2 Å². The van der Waals surface area contributed by atoms with Crippen LogP contribution in [-0.2, 0) is 19.5 Å². The average molecular weight is 826 g/mol. The number of carbonyl (C=O) groups is 1. The SMILES string of the molecule is CCCCCCCCCCCCCC(=O)Nc1ccc2cc(S(=O)(=O)O)c(/N=N/c3cc(OCC)c(/N=N/c4cccc(P(=O)(O)O)c4)cc3OCC)c(O)c2c1. The molecule has 1 amide bonds. The summed E-state index contributed by atoms with van der Waals surface area (Å²) in [5, 5.41) is 30.9. The molecular weight excluding hydrogens is 774 g/mol. The molecule has 0 spiro atoms. The first kappa shape index (κ1) is 45.0. The van der Waals surface area contributed by atoms with Crippen molar-refractivity contribution >= 4 is 68.1 Å². The summed E-state index contributed by atoms with van der Waals surface area (Å²) in [4.78, 5) is 31.1. The Labute approximate surface area is 333 Å². The number of anilines is 1. The smallest absolute Gasteiger partial charge is 0.356 e. The molecule has 0 fully saturated rings. The number of rotatable bonds is 23. The fourth-order valence-electron chi connectivity index (χ4n) is 6.07. The predicted octanol–water partition coefficient (Wildman–Crippen LogP) is 10.9. The van der Waals surface area contributed by atoms with E-state index in [2.05, 4.69) is 32.7 Å². The van der Waals surface area contributed by atoms with Crippen molar-refractivity contribution in [1.82, 2.24) is 0 Å². The monoisotopic (exact) mass is 825 g/mol. The highest BCUT2D eigenvalue weighted by molar-refractivity contribution is 7.86. The lowest BCUT2D eigenvalue weighted by molar-refractivity contribution is -0.116. The first-order chi connectivity index (χ1) is 27.2. The van der Waals surface area contributed by atoms with Crippen LogP contribution in [0.5, 0.6) is 17.2 Å². The molecule has 308 valence electrons. The predicted molar refractivity (Wildman–Crippen MR) is 220 cm³/mol. The highest BCUT2D eigenvalue weighted by Gasteiger charge is 2.23. The Morgan fingerprint density at radius 3 is 1.88 bits per heavy atom. The van der Waals surface area contributed by atoms with Crippen molar-refractivity contribution in [3.63, 3.8) is 0 Å². The maximum absolute atomic E-state index is 12.8. The number of ether oxygens (including phenoxy) is 2. The van der Waals surface area contributed by atoms with E-state index in [0.29, 0.717) is 12.1 Å². The number of hydrogen-bond donors (Lipinski definition) is 5. The largest absolute Gasteiger partial charge is 0.505 e. The zero-order chi connectivity index (χ0) is 41.4. The fourth-order valence-corrected chi connectivity index (χ4v) is 7.31. The maximum atomic E-state index is 12.8. The number of benzene rings is 4. The molecule has 15 nitrogen and oxygen atoms in total. The van der Waals surface area contributed by atoms with Gasteiger partial charge in [-0.1, -0.05) is 83.3 Å². The molecule has 4 aromatic carbocycles. The Morgan fingerprint density at radius 1 is 0.737 bits per heavy atom. The van der Waals surface area contributed by atoms with Gasteiger partial charge in [0.25, 0.3) is 10.1 Å². The van der Waals surface area contributed by atoms with Gasteiger partial charge in [0, 0.05) is 29.6 Å². The van der Waals surface area contributed by atoms with Crippen LogP contribution in [0.4, 0.5) is 28.4 Å². The minimum absolute atomic E-state index is 0.0481. The number of unbranched alkanes of at least 4 members (excludes halogenated alkanes) is 10. The average Bonchev–Trinajstić information content (AvgIpc) is 3.16. The molecule has 17 heteroatoms. The summed E-state index contributed by atoms with van der Waals surface area (Å²) in [7, 11) is -9.44. The minimum atomic E-state index is -4.91. The number of carbonyl (C=O) groups excluding carboxylic acids is 1. The highest BCUT2D eigenvalue weighted by atomic mass is 32.2. The third-order valence-electron chi connectivity index (χ3n) is 8.96. The van der Waals surface area contributed by atoms with E-state index in [0.717, 1.165) is 31.7 Å². The molecule has 0 aliphatic rings. The third-order valence-corrected chi connectivity index (χ3v) is 10.8. The molecule has 0 aliphatic heterocycles. The molecule has 4 rings (SSSR count). The summed E-state index contributed by atoms with van der Waals surface area (Å²) < 4.78 is 58.4. The summed E-state index contributed by atoms with van der Waals surface area (Å²) in [6, 6.07) is 14.0. The van der Waals surface area contributed by atoms with E-state index in [1.54, 1.807) is 19.9 Å². The van der Waals surface area contributed by atoms with E-state index in [-0.39, 0.29) is 63.8 Å². The lowest BCUT2D eigenvalue weighted by Gasteiger charge is -2.13. The summed E-state index contributed by atoms with van der Waals surface area (Å²) in [5.41, 5.74) is 0.213. The number of nitrogens with zero attached hydrogens (tertiary/aromatic N) is 4. The van der Waals surface area contributed by atoms with Gasteiger partial charge >= 0.3 is 7.60 Å². The third kappa shape index (κ3) is 13.7. The Morgan fingerprint density at radius 2 is 1.32 bits per heavy atom.